The van der Waals surface area contributed by atoms with E-state index in [-0.39, 0.29) is 11.5 Å². The molecular formula is C22H23B2F2NO3. The summed E-state index contributed by atoms with van der Waals surface area (Å²) in [5.41, 5.74) is 3.41. The molecule has 3 rings (SSSR count). The minimum atomic E-state index is -4.45. The molecule has 0 saturated heterocycles. The smallest absolute Gasteiger partial charge is 0.627 e. The van der Waals surface area contributed by atoms with Gasteiger partial charge in [0.25, 0.3) is 0 Å². The highest BCUT2D eigenvalue weighted by Gasteiger charge is 2.36. The second-order valence-electron chi connectivity index (χ2n) is 7.22. The van der Waals surface area contributed by atoms with Gasteiger partial charge < -0.3 is 23.0 Å². The van der Waals surface area contributed by atoms with E-state index in [1.807, 2.05) is 49.0 Å². The van der Waals surface area contributed by atoms with Crippen LogP contribution in [0.2, 0.25) is 6.82 Å². The van der Waals surface area contributed by atoms with E-state index < -0.39 is 14.0 Å². The van der Waals surface area contributed by atoms with Gasteiger partial charge in [-0.2, -0.15) is 0 Å². The van der Waals surface area contributed by atoms with Crippen molar-refractivity contribution in [3.05, 3.63) is 95.5 Å². The van der Waals surface area contributed by atoms with Crippen LogP contribution in [0.1, 0.15) is 5.56 Å². The Balaban J connectivity index is 1.81. The highest BCUT2D eigenvalue weighted by molar-refractivity contribution is 6.64. The average Bonchev–Trinajstić information content (AvgIpc) is 2.70. The number of rotatable bonds is 4. The number of halogens is 2. The van der Waals surface area contributed by atoms with E-state index in [4.69, 9.17) is 0 Å². The molecule has 1 aliphatic carbocycles. The number of nitrogens with zero attached hydrogens (tertiary/aromatic N) is 1. The standard InChI is InChI=1S/C22H23B2F2NO3/c1-23(28)19-6-4-5-18(15-19)10-14-22-16-21(29-24(25,26)30-22)13-9-17-7-11-20(12-8-17)27(2)3/h4-16,28H,1-3H3/b14-10+,21-13?. The third-order valence-electron chi connectivity index (χ3n) is 4.51. The zero-order chi connectivity index (χ0) is 21.7. The Morgan fingerprint density at radius 3 is 2.43 bits per heavy atom. The van der Waals surface area contributed by atoms with Crippen molar-refractivity contribution in [2.24, 2.45) is 0 Å². The first-order chi connectivity index (χ1) is 14.2. The minimum Gasteiger partial charge on any atom is -0.627 e. The first kappa shape index (κ1) is 21.6. The van der Waals surface area contributed by atoms with Gasteiger partial charge in [-0.3, -0.25) is 0 Å². The number of hydrogen-bond acceptors (Lipinski definition) is 3. The monoisotopic (exact) mass is 409 g/mol. The molecule has 8 heteroatoms. The third kappa shape index (κ3) is 5.94. The van der Waals surface area contributed by atoms with Crippen LogP contribution in [0.3, 0.4) is 0 Å². The fraction of sp³-hybridized carbons (Fsp3) is 0.136. The molecule has 1 heterocycles. The maximum absolute atomic E-state index is 13.9. The normalized spacial score (nSPS) is 18.9. The first-order valence-electron chi connectivity index (χ1n) is 9.60. The van der Waals surface area contributed by atoms with Gasteiger partial charge in [0.15, 0.2) is 5.71 Å². The van der Waals surface area contributed by atoms with Crippen molar-refractivity contribution in [2.75, 3.05) is 14.1 Å². The zero-order valence-corrected chi connectivity index (χ0v) is 17.1. The van der Waals surface area contributed by atoms with Crippen LogP contribution < -0.4 is 5.46 Å². The summed E-state index contributed by atoms with van der Waals surface area (Å²) in [5.74, 6) is 0.0108. The molecule has 30 heavy (non-hydrogen) atoms. The van der Waals surface area contributed by atoms with Crippen LogP contribution in [-0.4, -0.2) is 43.4 Å². The average molecular weight is 409 g/mol. The number of hydrogen-bond donors (Lipinski definition) is 1. The highest BCUT2D eigenvalue weighted by Crippen LogP contribution is 2.27. The molecule has 0 unspecified atom stereocenters. The third-order valence-corrected chi connectivity index (χ3v) is 4.51. The summed E-state index contributed by atoms with van der Waals surface area (Å²) >= 11 is 0. The van der Waals surface area contributed by atoms with Crippen molar-refractivity contribution in [2.45, 2.75) is 6.82 Å². The van der Waals surface area contributed by atoms with E-state index in [0.29, 0.717) is 0 Å². The zero-order valence-electron chi connectivity index (χ0n) is 17.1. The van der Waals surface area contributed by atoms with E-state index in [0.717, 1.165) is 22.3 Å². The Morgan fingerprint density at radius 2 is 1.77 bits per heavy atom. The Labute approximate surface area is 175 Å². The molecule has 0 atom stereocenters. The van der Waals surface area contributed by atoms with Crippen molar-refractivity contribution in [3.8, 4) is 0 Å². The lowest BCUT2D eigenvalue weighted by Crippen LogP contribution is -2.33. The molecule has 0 aromatic heterocycles. The predicted molar refractivity (Wildman–Crippen MR) is 119 cm³/mol. The topological polar surface area (TPSA) is 41.7 Å². The lowest BCUT2D eigenvalue weighted by atomic mass is 9.64. The summed E-state index contributed by atoms with van der Waals surface area (Å²) < 4.78 is 39.2. The number of benzene rings is 1. The van der Waals surface area contributed by atoms with E-state index >= 15 is 0 Å². The Kier molecular flexibility index (Phi) is 6.57. The van der Waals surface area contributed by atoms with Crippen LogP contribution in [0, 0.1) is 0 Å². The molecule has 2 aliphatic rings. The Bertz CT molecular complexity index is 1010. The van der Waals surface area contributed by atoms with Crippen molar-refractivity contribution in [1.82, 2.24) is 0 Å². The highest BCUT2D eigenvalue weighted by atomic mass is 19.3. The van der Waals surface area contributed by atoms with Gasteiger partial charge >= 0.3 is 14.0 Å². The second kappa shape index (κ2) is 9.13. The van der Waals surface area contributed by atoms with Gasteiger partial charge in [-0.05, 0) is 40.9 Å². The maximum Gasteiger partial charge on any atom is 0.725 e. The van der Waals surface area contributed by atoms with E-state index in [2.05, 4.69) is 9.31 Å². The van der Waals surface area contributed by atoms with Gasteiger partial charge in [-0.1, -0.05) is 43.2 Å². The SMILES string of the molecule is CB(O)c1cccc(/C=C/C2=CC(=CC=C3C=CC(=[N+](C)C)C=C3)O[B-](F)(F)O2)c1. The molecule has 0 spiro atoms. The summed E-state index contributed by atoms with van der Waals surface area (Å²) in [7, 11) is -0.562. The van der Waals surface area contributed by atoms with Crippen LogP contribution in [0.25, 0.3) is 6.08 Å². The summed E-state index contributed by atoms with van der Waals surface area (Å²) in [6.45, 7) is 1.05. The molecule has 0 bridgehead atoms. The molecule has 154 valence electrons. The van der Waals surface area contributed by atoms with E-state index in [1.54, 1.807) is 37.2 Å². The molecule has 1 aromatic carbocycles. The van der Waals surface area contributed by atoms with E-state index in [9.17, 15) is 13.7 Å². The lowest BCUT2D eigenvalue weighted by molar-refractivity contribution is -0.462. The molecule has 1 aromatic rings. The second-order valence-corrected chi connectivity index (χ2v) is 7.22. The lowest BCUT2D eigenvalue weighted by Gasteiger charge is -2.33. The van der Waals surface area contributed by atoms with Crippen LogP contribution >= 0.6 is 0 Å². The van der Waals surface area contributed by atoms with Crippen molar-refractivity contribution in [3.63, 3.8) is 0 Å². The van der Waals surface area contributed by atoms with Gasteiger partial charge in [0.05, 0.1) is 11.5 Å². The fourth-order valence-corrected chi connectivity index (χ4v) is 2.89. The van der Waals surface area contributed by atoms with Gasteiger partial charge in [0, 0.05) is 18.2 Å². The minimum absolute atomic E-state index is 0.00342. The van der Waals surface area contributed by atoms with Crippen LogP contribution in [-0.2, 0) is 9.31 Å². The molecule has 0 radical (unpaired) electrons. The Morgan fingerprint density at radius 1 is 1.03 bits per heavy atom. The summed E-state index contributed by atoms with van der Waals surface area (Å²) in [6.07, 6.45) is 15.4. The van der Waals surface area contributed by atoms with Crippen LogP contribution in [0.15, 0.2) is 90.0 Å². The fourth-order valence-electron chi connectivity index (χ4n) is 2.89. The van der Waals surface area contributed by atoms with Gasteiger partial charge in [0.2, 0.25) is 0 Å². The quantitative estimate of drug-likeness (QED) is 0.612. The number of allylic oxidation sites excluding steroid dienone is 9. The van der Waals surface area contributed by atoms with Crippen LogP contribution in [0.4, 0.5) is 8.63 Å². The molecular weight excluding hydrogens is 386 g/mol. The molecule has 0 fully saturated rings. The van der Waals surface area contributed by atoms with Crippen molar-refractivity contribution in [1.29, 1.82) is 0 Å². The van der Waals surface area contributed by atoms with Gasteiger partial charge in [0.1, 0.15) is 14.1 Å². The molecule has 0 saturated carbocycles. The van der Waals surface area contributed by atoms with Crippen molar-refractivity contribution >= 4 is 31.3 Å². The maximum atomic E-state index is 13.9. The first-order valence-corrected chi connectivity index (χ1v) is 9.60. The Hall–Kier alpha value is -3.12. The summed E-state index contributed by atoms with van der Waals surface area (Å²) in [5, 5.41) is 9.68. The predicted octanol–water partition coefficient (Wildman–Crippen LogP) is 3.48. The van der Waals surface area contributed by atoms with Gasteiger partial charge in [-0.25, -0.2) is 4.58 Å². The van der Waals surface area contributed by atoms with Gasteiger partial charge in [-0.15, -0.1) is 0 Å². The molecule has 1 aliphatic heterocycles. The largest absolute Gasteiger partial charge is 0.725 e. The van der Waals surface area contributed by atoms with Crippen molar-refractivity contribution < 1.29 is 27.5 Å². The van der Waals surface area contributed by atoms with E-state index in [1.165, 1.54) is 18.2 Å². The summed E-state index contributed by atoms with van der Waals surface area (Å²) in [6, 6.07) is 7.19. The summed E-state index contributed by atoms with van der Waals surface area (Å²) in [4.78, 5) is 0. The van der Waals surface area contributed by atoms with Crippen LogP contribution in [0.5, 0.6) is 0 Å². The molecule has 1 N–H and O–H groups in total. The molecule has 0 amide bonds. The molecule has 4 nitrogen and oxygen atoms in total.